The monoisotopic (exact) mass is 1050 g/mol. The molecule has 0 fully saturated rings. The van der Waals surface area contributed by atoms with Gasteiger partial charge in [0.15, 0.2) is 26.4 Å². The van der Waals surface area contributed by atoms with Crippen LogP contribution in [0.4, 0.5) is 11.4 Å². The number of benzene rings is 4. The second-order valence-electron chi connectivity index (χ2n) is 20.5. The van der Waals surface area contributed by atoms with E-state index in [1.807, 2.05) is 24.3 Å². The SMILES string of the molecule is C=C(C)C(=O)Nc1cc2c(OCC(=O)OCC)c(c1)Cc1cc(C(C)(C)C)cc(c1OCC(=O)OCC)Cc1cc(NC(=O)C(=C)C)cc(c1OCC(=O)OCC)Cc1cc(C(C)(C)C)cc(c1OCC(=O)OCC)C2. The van der Waals surface area contributed by atoms with Gasteiger partial charge in [0.1, 0.15) is 23.0 Å². The van der Waals surface area contributed by atoms with Crippen LogP contribution in [-0.2, 0) is 84.2 Å². The van der Waals surface area contributed by atoms with E-state index in [2.05, 4.69) is 65.3 Å². The van der Waals surface area contributed by atoms with Crippen LogP contribution in [0.5, 0.6) is 23.0 Å². The van der Waals surface area contributed by atoms with Crippen LogP contribution in [-0.4, -0.2) is 88.5 Å². The number of ether oxygens (including phenoxy) is 8. The van der Waals surface area contributed by atoms with Crippen molar-refractivity contribution in [3.8, 4) is 23.0 Å². The summed E-state index contributed by atoms with van der Waals surface area (Å²) in [5.41, 5.74) is 6.46. The molecular weight excluding hydrogens is 973 g/mol. The minimum atomic E-state index is -0.618. The van der Waals surface area contributed by atoms with Crippen LogP contribution in [0.1, 0.15) is 139 Å². The Morgan fingerprint density at radius 3 is 0.803 bits per heavy atom. The fraction of sp³-hybridized carbons (Fsp3) is 0.433. The number of hydrogen-bond acceptors (Lipinski definition) is 14. The van der Waals surface area contributed by atoms with Crippen molar-refractivity contribution in [2.45, 2.75) is 120 Å². The van der Waals surface area contributed by atoms with Gasteiger partial charge in [-0.15, -0.1) is 0 Å². The molecule has 8 bridgehead atoms. The molecule has 0 radical (unpaired) electrons. The summed E-state index contributed by atoms with van der Waals surface area (Å²) in [4.78, 5) is 79.8. The lowest BCUT2D eigenvalue weighted by Gasteiger charge is -2.27. The Kier molecular flexibility index (Phi) is 20.5. The van der Waals surface area contributed by atoms with Crippen LogP contribution in [0.25, 0.3) is 0 Å². The number of hydrogen-bond donors (Lipinski definition) is 2. The molecule has 0 saturated heterocycles. The van der Waals surface area contributed by atoms with E-state index in [1.54, 1.807) is 65.8 Å². The summed E-state index contributed by atoms with van der Waals surface area (Å²) in [6.07, 6.45) is 0.177. The van der Waals surface area contributed by atoms with Crippen LogP contribution >= 0.6 is 0 Å². The highest BCUT2D eigenvalue weighted by Crippen LogP contribution is 2.44. The largest absolute Gasteiger partial charge is 0.481 e. The van der Waals surface area contributed by atoms with Crippen molar-refractivity contribution in [3.05, 3.63) is 128 Å². The van der Waals surface area contributed by atoms with Gasteiger partial charge in [-0.25, -0.2) is 19.2 Å². The Labute approximate surface area is 446 Å². The van der Waals surface area contributed by atoms with Crippen molar-refractivity contribution in [2.24, 2.45) is 0 Å². The lowest BCUT2D eigenvalue weighted by atomic mass is 9.81. The maximum Gasteiger partial charge on any atom is 0.344 e. The quantitative estimate of drug-likeness (QED) is 0.0424. The van der Waals surface area contributed by atoms with Gasteiger partial charge in [-0.1, -0.05) is 79.0 Å². The van der Waals surface area contributed by atoms with Gasteiger partial charge in [-0.2, -0.15) is 0 Å². The van der Waals surface area contributed by atoms with E-state index in [1.165, 1.54) is 0 Å². The first-order valence-electron chi connectivity index (χ1n) is 25.6. The molecule has 1 aliphatic rings. The summed E-state index contributed by atoms with van der Waals surface area (Å²) in [6.45, 7) is 28.6. The van der Waals surface area contributed by atoms with Gasteiger partial charge in [-0.3, -0.25) is 9.59 Å². The third kappa shape index (κ3) is 16.2. The van der Waals surface area contributed by atoms with E-state index in [9.17, 15) is 28.8 Å². The Balaban J connectivity index is 2.05. The molecule has 5 rings (SSSR count). The minimum absolute atomic E-state index is 0.0443. The van der Waals surface area contributed by atoms with E-state index in [4.69, 9.17) is 37.9 Å². The molecule has 76 heavy (non-hydrogen) atoms. The van der Waals surface area contributed by atoms with E-state index >= 15 is 0 Å². The molecule has 0 spiro atoms. The molecule has 0 atom stereocenters. The summed E-state index contributed by atoms with van der Waals surface area (Å²) in [5, 5.41) is 5.98. The molecule has 0 heterocycles. The predicted octanol–water partition coefficient (Wildman–Crippen LogP) is 9.75. The van der Waals surface area contributed by atoms with Crippen LogP contribution in [0.2, 0.25) is 0 Å². The number of carbonyl (C=O) groups excluding carboxylic acids is 6. The van der Waals surface area contributed by atoms with E-state index in [0.29, 0.717) is 78.9 Å². The van der Waals surface area contributed by atoms with E-state index in [0.717, 1.165) is 11.1 Å². The van der Waals surface area contributed by atoms with Crippen molar-refractivity contribution in [2.75, 3.05) is 63.5 Å². The molecule has 408 valence electrons. The summed E-state index contributed by atoms with van der Waals surface area (Å²) >= 11 is 0. The van der Waals surface area contributed by atoms with Gasteiger partial charge in [0, 0.05) is 70.5 Å². The zero-order valence-electron chi connectivity index (χ0n) is 46.2. The summed E-state index contributed by atoms with van der Waals surface area (Å²) in [6, 6.07) is 14.9. The highest BCUT2D eigenvalue weighted by atomic mass is 16.6. The van der Waals surface area contributed by atoms with Gasteiger partial charge < -0.3 is 48.5 Å². The molecule has 2 N–H and O–H groups in total. The second kappa shape index (κ2) is 26.2. The fourth-order valence-corrected chi connectivity index (χ4v) is 8.45. The molecule has 2 amide bonds. The van der Waals surface area contributed by atoms with Crippen LogP contribution in [0, 0.1) is 0 Å². The first-order valence-corrected chi connectivity index (χ1v) is 25.6. The van der Waals surface area contributed by atoms with Crippen LogP contribution in [0.3, 0.4) is 0 Å². The Morgan fingerprint density at radius 2 is 0.618 bits per heavy atom. The standard InChI is InChI=1S/C60H74N2O14/c1-15-69-49(63)31-73-53-37-19-41-27-47(61-57(67)35(5)6)29-43(55(41)75-33-51(65)71-17-3)21-39-25-46(60(12,13)14)26-40(54(39)74-32-50(64)70-16-2)22-44-30-48(62-58(68)36(7)8)28-42(56(44)76-34-52(66)72-18-4)20-38(53)24-45(23-37)59(9,10)11/h23-30H,5,7,15-22,31-34H2,1-4,6,8-14H3,(H,61,67)(H,62,68). The van der Waals surface area contributed by atoms with E-state index in [-0.39, 0.29) is 63.3 Å². The normalized spacial score (nSPS) is 12.1. The van der Waals surface area contributed by atoms with Crippen molar-refractivity contribution < 1.29 is 66.7 Å². The molecule has 16 heteroatoms. The highest BCUT2D eigenvalue weighted by Gasteiger charge is 2.29. The zero-order valence-corrected chi connectivity index (χ0v) is 46.2. The lowest BCUT2D eigenvalue weighted by molar-refractivity contribution is -0.146. The Hall–Kier alpha value is -7.62. The van der Waals surface area contributed by atoms with Crippen molar-refractivity contribution >= 4 is 47.1 Å². The number of fused-ring (bicyclic) bond motifs is 8. The van der Waals surface area contributed by atoms with Crippen molar-refractivity contribution in [1.29, 1.82) is 0 Å². The highest BCUT2D eigenvalue weighted by molar-refractivity contribution is 6.03. The Bertz CT molecular complexity index is 2580. The molecule has 0 saturated carbocycles. The van der Waals surface area contributed by atoms with Gasteiger partial charge in [0.05, 0.1) is 26.4 Å². The average molecular weight is 1050 g/mol. The van der Waals surface area contributed by atoms with Crippen molar-refractivity contribution in [1.82, 2.24) is 0 Å². The van der Waals surface area contributed by atoms with Gasteiger partial charge in [-0.05, 0) is 110 Å². The maximum absolute atomic E-state index is 13.5. The first kappa shape index (κ1) is 59.3. The van der Waals surface area contributed by atoms with Gasteiger partial charge >= 0.3 is 23.9 Å². The number of carbonyl (C=O) groups is 6. The van der Waals surface area contributed by atoms with Crippen molar-refractivity contribution in [3.63, 3.8) is 0 Å². The minimum Gasteiger partial charge on any atom is -0.481 e. The van der Waals surface area contributed by atoms with Gasteiger partial charge in [0.25, 0.3) is 11.8 Å². The molecule has 4 aromatic rings. The molecule has 0 aliphatic heterocycles. The van der Waals surface area contributed by atoms with E-state index < -0.39 is 72.9 Å². The van der Waals surface area contributed by atoms with Gasteiger partial charge in [0.2, 0.25) is 0 Å². The zero-order chi connectivity index (χ0) is 56.1. The first-order chi connectivity index (χ1) is 35.8. The smallest absolute Gasteiger partial charge is 0.344 e. The van der Waals surface area contributed by atoms with Crippen LogP contribution < -0.4 is 29.6 Å². The maximum atomic E-state index is 13.5. The van der Waals surface area contributed by atoms with Crippen LogP contribution in [0.15, 0.2) is 72.8 Å². The molecule has 0 unspecified atom stereocenters. The predicted molar refractivity (Wildman–Crippen MR) is 290 cm³/mol. The third-order valence-corrected chi connectivity index (χ3v) is 12.1. The third-order valence-electron chi connectivity index (χ3n) is 12.1. The number of amides is 2. The topological polar surface area (TPSA) is 200 Å². The summed E-state index contributed by atoms with van der Waals surface area (Å²) < 4.78 is 47.6. The molecule has 4 aromatic carbocycles. The fourth-order valence-electron chi connectivity index (χ4n) is 8.45. The molecule has 0 aromatic heterocycles. The summed E-state index contributed by atoms with van der Waals surface area (Å²) in [7, 11) is 0. The molecule has 16 nitrogen and oxygen atoms in total. The number of rotatable bonds is 20. The number of nitrogens with one attached hydrogen (secondary N) is 2. The second-order valence-corrected chi connectivity index (χ2v) is 20.5. The molecular formula is C60H74N2O14. The molecule has 1 aliphatic carbocycles. The average Bonchev–Trinajstić information content (AvgIpc) is 3.32. The Morgan fingerprint density at radius 1 is 0.408 bits per heavy atom. The number of anilines is 2. The number of esters is 4. The lowest BCUT2D eigenvalue weighted by Crippen LogP contribution is -2.20. The summed E-state index contributed by atoms with van der Waals surface area (Å²) in [5.74, 6) is -2.13.